The molecule has 7 rings (SSSR count). The number of aryl methyl sites for hydroxylation is 1. The summed E-state index contributed by atoms with van der Waals surface area (Å²) in [5.74, 6) is 4.18. The molecule has 0 atom stereocenters. The van der Waals surface area contributed by atoms with E-state index >= 15 is 0 Å². The molecule has 4 aliphatic carbocycles. The lowest BCUT2D eigenvalue weighted by Crippen LogP contribution is -2.50. The molecule has 32 heavy (non-hydrogen) atoms. The summed E-state index contributed by atoms with van der Waals surface area (Å²) >= 11 is 0. The van der Waals surface area contributed by atoms with Crippen molar-refractivity contribution in [3.8, 4) is 5.75 Å². The van der Waals surface area contributed by atoms with E-state index < -0.39 is 10.2 Å². The highest BCUT2D eigenvalue weighted by atomic mass is 32.2. The molecule has 5 aliphatic rings. The number of ether oxygens (including phenoxy) is 1. The number of hydrogen-bond donors (Lipinski definition) is 1. The third kappa shape index (κ3) is 3.48. The van der Waals surface area contributed by atoms with Gasteiger partial charge in [-0.1, -0.05) is 13.8 Å². The predicted molar refractivity (Wildman–Crippen MR) is 122 cm³/mol. The van der Waals surface area contributed by atoms with Crippen LogP contribution in [0.25, 0.3) is 5.65 Å². The topological polar surface area (TPSA) is 88.8 Å². The Hall–Kier alpha value is -1.87. The maximum Gasteiger partial charge on any atom is 0.304 e. The highest BCUT2D eigenvalue weighted by Gasteiger charge is 2.51. The SMILES string of the molecule is CCc1cn2c(NS(=O)(=O)N3CC(C)C3)nnc2cc1OCC12CC3CC(CC(C3)C1)C2. The Balaban J connectivity index is 1.22. The second-order valence-corrected chi connectivity index (χ2v) is 12.7. The van der Waals surface area contributed by atoms with Crippen molar-refractivity contribution in [3.05, 3.63) is 17.8 Å². The number of aromatic nitrogens is 3. The number of nitrogens with one attached hydrogen (secondary N) is 1. The van der Waals surface area contributed by atoms with Crippen molar-refractivity contribution in [1.82, 2.24) is 18.9 Å². The Kier molecular flexibility index (Phi) is 4.74. The van der Waals surface area contributed by atoms with E-state index in [1.165, 1.54) is 42.8 Å². The van der Waals surface area contributed by atoms with Crippen LogP contribution < -0.4 is 9.46 Å². The van der Waals surface area contributed by atoms with E-state index in [9.17, 15) is 8.42 Å². The van der Waals surface area contributed by atoms with Gasteiger partial charge in [0, 0.05) is 36.3 Å². The molecule has 3 heterocycles. The fourth-order valence-corrected chi connectivity index (χ4v) is 8.54. The average molecular weight is 460 g/mol. The van der Waals surface area contributed by atoms with E-state index in [-0.39, 0.29) is 5.95 Å². The Morgan fingerprint density at radius 2 is 1.78 bits per heavy atom. The molecule has 1 saturated heterocycles. The molecule has 0 amide bonds. The lowest BCUT2D eigenvalue weighted by atomic mass is 9.50. The number of rotatable bonds is 7. The van der Waals surface area contributed by atoms with Crippen molar-refractivity contribution in [2.24, 2.45) is 29.1 Å². The number of fused-ring (bicyclic) bond motifs is 1. The molecule has 4 saturated carbocycles. The maximum absolute atomic E-state index is 12.6. The minimum atomic E-state index is -3.61. The van der Waals surface area contributed by atoms with Crippen molar-refractivity contribution in [1.29, 1.82) is 0 Å². The van der Waals surface area contributed by atoms with E-state index in [1.54, 1.807) is 4.40 Å². The molecule has 5 fully saturated rings. The first-order chi connectivity index (χ1) is 15.3. The Labute approximate surface area is 189 Å². The minimum Gasteiger partial charge on any atom is -0.493 e. The largest absolute Gasteiger partial charge is 0.493 e. The first kappa shape index (κ1) is 20.7. The summed E-state index contributed by atoms with van der Waals surface area (Å²) in [5, 5.41) is 8.33. The summed E-state index contributed by atoms with van der Waals surface area (Å²) < 4.78 is 37.5. The van der Waals surface area contributed by atoms with Gasteiger partial charge in [0.25, 0.3) is 0 Å². The van der Waals surface area contributed by atoms with Crippen molar-refractivity contribution >= 4 is 21.8 Å². The van der Waals surface area contributed by atoms with E-state index in [2.05, 4.69) is 21.8 Å². The third-order valence-electron chi connectivity index (χ3n) is 8.25. The highest BCUT2D eigenvalue weighted by molar-refractivity contribution is 7.90. The van der Waals surface area contributed by atoms with Crippen LogP contribution in [0.15, 0.2) is 12.3 Å². The molecule has 0 aromatic carbocycles. The van der Waals surface area contributed by atoms with Gasteiger partial charge >= 0.3 is 10.2 Å². The third-order valence-corrected chi connectivity index (χ3v) is 9.67. The van der Waals surface area contributed by atoms with Gasteiger partial charge < -0.3 is 4.74 Å². The fraction of sp³-hybridized carbons (Fsp3) is 0.739. The van der Waals surface area contributed by atoms with Crippen LogP contribution in [0.4, 0.5) is 5.95 Å². The van der Waals surface area contributed by atoms with Crippen LogP contribution in [0.3, 0.4) is 0 Å². The molecule has 2 aromatic heterocycles. The summed E-state index contributed by atoms with van der Waals surface area (Å²) in [5.41, 5.74) is 1.98. The average Bonchev–Trinajstić information content (AvgIpc) is 3.09. The fourth-order valence-electron chi connectivity index (χ4n) is 7.14. The van der Waals surface area contributed by atoms with Crippen LogP contribution in [0.5, 0.6) is 5.75 Å². The summed E-state index contributed by atoms with van der Waals surface area (Å²) in [4.78, 5) is 0. The van der Waals surface area contributed by atoms with E-state index in [0.717, 1.165) is 42.1 Å². The quantitative estimate of drug-likeness (QED) is 0.685. The van der Waals surface area contributed by atoms with Crippen molar-refractivity contribution in [3.63, 3.8) is 0 Å². The lowest BCUT2D eigenvalue weighted by Gasteiger charge is -2.56. The molecule has 2 aromatic rings. The predicted octanol–water partition coefficient (Wildman–Crippen LogP) is 3.50. The van der Waals surface area contributed by atoms with Gasteiger partial charge in [-0.3, -0.25) is 4.40 Å². The second kappa shape index (κ2) is 7.32. The van der Waals surface area contributed by atoms with Gasteiger partial charge in [-0.2, -0.15) is 12.7 Å². The summed E-state index contributed by atoms with van der Waals surface area (Å²) in [7, 11) is -3.61. The molecular weight excluding hydrogens is 426 g/mol. The van der Waals surface area contributed by atoms with Gasteiger partial charge in [-0.25, -0.2) is 4.72 Å². The molecule has 174 valence electrons. The molecule has 0 unspecified atom stereocenters. The zero-order valence-corrected chi connectivity index (χ0v) is 19.8. The zero-order valence-electron chi connectivity index (χ0n) is 19.0. The molecular formula is C23H33N5O3S. The minimum absolute atomic E-state index is 0.224. The van der Waals surface area contributed by atoms with Gasteiger partial charge in [0.2, 0.25) is 5.95 Å². The monoisotopic (exact) mass is 459 g/mol. The van der Waals surface area contributed by atoms with Gasteiger partial charge in [-0.15, -0.1) is 10.2 Å². The smallest absolute Gasteiger partial charge is 0.304 e. The van der Waals surface area contributed by atoms with Gasteiger partial charge in [0.1, 0.15) is 5.75 Å². The van der Waals surface area contributed by atoms with Crippen LogP contribution >= 0.6 is 0 Å². The summed E-state index contributed by atoms with van der Waals surface area (Å²) in [6, 6.07) is 1.91. The first-order valence-corrected chi connectivity index (χ1v) is 13.5. The molecule has 4 bridgehead atoms. The molecule has 8 nitrogen and oxygen atoms in total. The van der Waals surface area contributed by atoms with Crippen LogP contribution in [0.1, 0.15) is 57.9 Å². The number of anilines is 1. The normalized spacial score (nSPS) is 32.4. The molecule has 1 N–H and O–H groups in total. The van der Waals surface area contributed by atoms with E-state index in [4.69, 9.17) is 4.74 Å². The number of nitrogens with zero attached hydrogens (tertiary/aromatic N) is 4. The lowest BCUT2D eigenvalue weighted by molar-refractivity contribution is -0.0746. The van der Waals surface area contributed by atoms with Gasteiger partial charge in [0.05, 0.1) is 6.61 Å². The summed E-state index contributed by atoms with van der Waals surface area (Å²) in [6.07, 6.45) is 10.9. The standard InChI is InChI=1S/C23H33N5O3S/c1-3-19-13-28-21(24-25-22(28)26-32(29,30)27-11-15(2)12-27)7-20(19)31-14-23-8-16-4-17(9-23)6-18(5-16)10-23/h7,13,15-18H,3-6,8-12,14H2,1-2H3,(H,25,26). The van der Waals surface area contributed by atoms with E-state index in [0.29, 0.717) is 30.1 Å². The molecule has 9 heteroatoms. The van der Waals surface area contributed by atoms with Crippen molar-refractivity contribution < 1.29 is 13.2 Å². The van der Waals surface area contributed by atoms with E-state index in [1.807, 2.05) is 19.2 Å². The van der Waals surface area contributed by atoms with Gasteiger partial charge in [0.15, 0.2) is 5.65 Å². The van der Waals surface area contributed by atoms with Gasteiger partial charge in [-0.05, 0) is 68.6 Å². The van der Waals surface area contributed by atoms with Crippen LogP contribution in [-0.2, 0) is 16.6 Å². The Morgan fingerprint density at radius 3 is 2.38 bits per heavy atom. The zero-order chi connectivity index (χ0) is 22.1. The molecule has 0 radical (unpaired) electrons. The number of pyridine rings is 1. The second-order valence-electron chi connectivity index (χ2n) is 11.0. The first-order valence-electron chi connectivity index (χ1n) is 12.1. The van der Waals surface area contributed by atoms with Crippen LogP contribution in [0, 0.1) is 29.1 Å². The van der Waals surface area contributed by atoms with Crippen LogP contribution in [0.2, 0.25) is 0 Å². The molecule has 0 spiro atoms. The highest BCUT2D eigenvalue weighted by Crippen LogP contribution is 2.60. The maximum atomic E-state index is 12.6. The van der Waals surface area contributed by atoms with Crippen LogP contribution in [-0.4, -0.2) is 47.0 Å². The van der Waals surface area contributed by atoms with Crippen molar-refractivity contribution in [2.45, 2.75) is 58.8 Å². The Morgan fingerprint density at radius 1 is 1.12 bits per heavy atom. The molecule has 1 aliphatic heterocycles. The Bertz CT molecular complexity index is 1100. The van der Waals surface area contributed by atoms with Crippen molar-refractivity contribution in [2.75, 3.05) is 24.4 Å². The summed E-state index contributed by atoms with van der Waals surface area (Å²) in [6.45, 7) is 5.98. The number of hydrogen-bond acceptors (Lipinski definition) is 5.